The lowest BCUT2D eigenvalue weighted by Crippen LogP contribution is -2.62. The number of ether oxygens (including phenoxy) is 1. The van der Waals surface area contributed by atoms with Crippen LogP contribution in [0.3, 0.4) is 0 Å². The van der Waals surface area contributed by atoms with Gasteiger partial charge in [-0.3, -0.25) is 14.4 Å². The molecule has 0 spiro atoms. The second-order valence-electron chi connectivity index (χ2n) is 9.68. The van der Waals surface area contributed by atoms with E-state index in [2.05, 4.69) is 0 Å². The largest absolute Gasteiger partial charge is 0.743 e. The SMILES string of the molecule is CCC(C)(C)C(=O)OC12CC3CC(C1)CC(C(=O)C(=O)C(F)(F)S(=O)(=O)[O-])(C3)C2. The van der Waals surface area contributed by atoms with Gasteiger partial charge in [-0.2, -0.15) is 8.78 Å². The van der Waals surface area contributed by atoms with Crippen LogP contribution < -0.4 is 0 Å². The van der Waals surface area contributed by atoms with Crippen LogP contribution in [0, 0.1) is 22.7 Å². The van der Waals surface area contributed by atoms with Gasteiger partial charge < -0.3 is 9.29 Å². The fourth-order valence-corrected chi connectivity index (χ4v) is 5.85. The molecule has 2 atom stereocenters. The van der Waals surface area contributed by atoms with Crippen molar-refractivity contribution >= 4 is 27.7 Å². The first kappa shape index (κ1) is 22.3. The maximum atomic E-state index is 13.8. The third-order valence-electron chi connectivity index (χ3n) is 7.02. The van der Waals surface area contributed by atoms with E-state index in [0.717, 1.165) is 6.42 Å². The molecule has 4 saturated carbocycles. The predicted octanol–water partition coefficient (Wildman–Crippen LogP) is 2.58. The zero-order chi connectivity index (χ0) is 22.0. The molecule has 7 nitrogen and oxygen atoms in total. The van der Waals surface area contributed by atoms with Crippen molar-refractivity contribution in [3.63, 3.8) is 0 Å². The summed E-state index contributed by atoms with van der Waals surface area (Å²) in [5.74, 6) is -4.66. The Morgan fingerprint density at radius 1 is 1.10 bits per heavy atom. The van der Waals surface area contributed by atoms with Crippen LogP contribution in [0.2, 0.25) is 0 Å². The van der Waals surface area contributed by atoms with Gasteiger partial charge in [0.2, 0.25) is 5.78 Å². The Morgan fingerprint density at radius 3 is 2.07 bits per heavy atom. The molecule has 0 aliphatic heterocycles. The standard InChI is InChI=1S/C19H26F2O7S/c1-4-16(2,3)15(24)28-18-8-11-5-12(9-18)7-17(6-11,10-18)13(22)14(23)19(20,21)29(25,26)27/h11-12H,4-10H2,1-3H3,(H,25,26,27)/p-1. The minimum atomic E-state index is -6.31. The highest BCUT2D eigenvalue weighted by Gasteiger charge is 2.65. The molecular weight excluding hydrogens is 410 g/mol. The number of hydrogen-bond acceptors (Lipinski definition) is 7. The van der Waals surface area contributed by atoms with Gasteiger partial charge in [0.1, 0.15) is 5.60 Å². The molecule has 0 saturated heterocycles. The van der Waals surface area contributed by atoms with Crippen LogP contribution in [0.15, 0.2) is 0 Å². The molecule has 4 fully saturated rings. The summed E-state index contributed by atoms with van der Waals surface area (Å²) in [7, 11) is -6.31. The number of ketones is 2. The minimum Gasteiger partial charge on any atom is -0.743 e. The van der Waals surface area contributed by atoms with E-state index >= 15 is 0 Å². The van der Waals surface area contributed by atoms with Crippen molar-refractivity contribution in [2.45, 2.75) is 76.6 Å². The van der Waals surface area contributed by atoms with E-state index in [1.165, 1.54) is 0 Å². The molecule has 4 aliphatic carbocycles. The number of carbonyl (C=O) groups is 3. The molecule has 0 N–H and O–H groups in total. The van der Waals surface area contributed by atoms with Gasteiger partial charge in [-0.25, -0.2) is 8.42 Å². The van der Waals surface area contributed by atoms with Crippen LogP contribution in [0.4, 0.5) is 8.78 Å². The van der Waals surface area contributed by atoms with Crippen molar-refractivity contribution in [2.75, 3.05) is 0 Å². The van der Waals surface area contributed by atoms with Crippen molar-refractivity contribution in [1.29, 1.82) is 0 Å². The summed E-state index contributed by atoms with van der Waals surface area (Å²) in [6, 6.07) is 0. The first-order chi connectivity index (χ1) is 13.1. The van der Waals surface area contributed by atoms with Crippen molar-refractivity contribution in [3.05, 3.63) is 0 Å². The Bertz CT molecular complexity index is 848. The lowest BCUT2D eigenvalue weighted by Gasteiger charge is -2.60. The molecule has 0 aromatic carbocycles. The maximum absolute atomic E-state index is 13.8. The Morgan fingerprint density at radius 2 is 1.62 bits per heavy atom. The van der Waals surface area contributed by atoms with Gasteiger partial charge in [0.15, 0.2) is 10.1 Å². The summed E-state index contributed by atoms with van der Waals surface area (Å²) < 4.78 is 66.0. The molecule has 0 heterocycles. The highest BCUT2D eigenvalue weighted by atomic mass is 32.2. The van der Waals surface area contributed by atoms with Crippen molar-refractivity contribution in [2.24, 2.45) is 22.7 Å². The Kier molecular flexibility index (Phi) is 5.02. The summed E-state index contributed by atoms with van der Waals surface area (Å²) in [5, 5.41) is -5.30. The van der Waals surface area contributed by atoms with Crippen LogP contribution in [0.25, 0.3) is 0 Å². The Balaban J connectivity index is 1.92. The molecule has 0 aromatic heterocycles. The van der Waals surface area contributed by atoms with E-state index in [0.29, 0.717) is 19.3 Å². The average Bonchev–Trinajstić information content (AvgIpc) is 2.57. The lowest BCUT2D eigenvalue weighted by molar-refractivity contribution is -0.210. The zero-order valence-electron chi connectivity index (χ0n) is 16.6. The molecular formula is C19H25F2O7S-. The summed E-state index contributed by atoms with van der Waals surface area (Å²) >= 11 is 0. The number of rotatable bonds is 7. The fraction of sp³-hybridized carbons (Fsp3) is 0.842. The molecule has 0 radical (unpaired) electrons. The summed E-state index contributed by atoms with van der Waals surface area (Å²) in [6.45, 7) is 5.27. The van der Waals surface area contributed by atoms with E-state index in [4.69, 9.17) is 4.74 Å². The maximum Gasteiger partial charge on any atom is 0.399 e. The van der Waals surface area contributed by atoms with Crippen molar-refractivity contribution in [3.8, 4) is 0 Å². The summed E-state index contributed by atoms with van der Waals surface area (Å²) in [6.07, 6.45) is 2.42. The highest BCUT2D eigenvalue weighted by molar-refractivity contribution is 7.87. The minimum absolute atomic E-state index is 0.0944. The van der Waals surface area contributed by atoms with E-state index in [-0.39, 0.29) is 31.1 Å². The normalized spacial score (nSPS) is 34.1. The van der Waals surface area contributed by atoms with Gasteiger partial charge in [-0.1, -0.05) is 6.92 Å². The quantitative estimate of drug-likeness (QED) is 0.343. The number of halogens is 2. The second-order valence-corrected chi connectivity index (χ2v) is 11.1. The smallest absolute Gasteiger partial charge is 0.399 e. The van der Waals surface area contributed by atoms with Crippen LogP contribution >= 0.6 is 0 Å². The lowest BCUT2D eigenvalue weighted by atomic mass is 9.46. The average molecular weight is 435 g/mol. The van der Waals surface area contributed by atoms with E-state index in [1.807, 2.05) is 6.92 Å². The molecule has 29 heavy (non-hydrogen) atoms. The molecule has 4 aliphatic rings. The van der Waals surface area contributed by atoms with Gasteiger partial charge in [-0.15, -0.1) is 0 Å². The molecule has 164 valence electrons. The number of esters is 1. The molecule has 2 unspecified atom stereocenters. The highest BCUT2D eigenvalue weighted by Crippen LogP contribution is 2.63. The molecule has 0 aromatic rings. The molecule has 10 heteroatoms. The number of alkyl halides is 2. The van der Waals surface area contributed by atoms with Crippen LogP contribution in [0.5, 0.6) is 0 Å². The summed E-state index contributed by atoms with van der Waals surface area (Å²) in [4.78, 5) is 37.5. The summed E-state index contributed by atoms with van der Waals surface area (Å²) in [5.41, 5.74) is -3.32. The first-order valence-electron chi connectivity index (χ1n) is 9.73. The van der Waals surface area contributed by atoms with E-state index in [1.54, 1.807) is 13.8 Å². The molecule has 0 amide bonds. The van der Waals surface area contributed by atoms with Gasteiger partial charge in [0.25, 0.3) is 5.78 Å². The first-order valence-corrected chi connectivity index (χ1v) is 11.1. The monoisotopic (exact) mass is 435 g/mol. The second kappa shape index (κ2) is 6.54. The molecule has 4 bridgehead atoms. The zero-order valence-corrected chi connectivity index (χ0v) is 17.4. The third-order valence-corrected chi connectivity index (χ3v) is 7.83. The van der Waals surface area contributed by atoms with Gasteiger partial charge in [0, 0.05) is 11.8 Å². The van der Waals surface area contributed by atoms with Crippen molar-refractivity contribution < 1.29 is 40.9 Å². The third kappa shape index (κ3) is 3.52. The Labute approximate surface area is 168 Å². The van der Waals surface area contributed by atoms with Gasteiger partial charge >= 0.3 is 11.2 Å². The van der Waals surface area contributed by atoms with E-state index < -0.39 is 49.3 Å². The van der Waals surface area contributed by atoms with Gasteiger partial charge in [0.05, 0.1) is 5.41 Å². The molecule has 4 rings (SSSR count). The topological polar surface area (TPSA) is 118 Å². The fourth-order valence-electron chi connectivity index (χ4n) is 5.53. The van der Waals surface area contributed by atoms with Crippen molar-refractivity contribution in [1.82, 2.24) is 0 Å². The van der Waals surface area contributed by atoms with Crippen LogP contribution in [-0.4, -0.2) is 41.4 Å². The van der Waals surface area contributed by atoms with E-state index in [9.17, 15) is 36.1 Å². The van der Waals surface area contributed by atoms with Crippen LogP contribution in [-0.2, 0) is 29.2 Å². The number of carbonyl (C=O) groups excluding carboxylic acids is 3. The number of hydrogen-bond donors (Lipinski definition) is 0. The predicted molar refractivity (Wildman–Crippen MR) is 94.7 cm³/mol. The van der Waals surface area contributed by atoms with Crippen LogP contribution in [0.1, 0.15) is 65.7 Å². The Hall–Kier alpha value is -1.42. The number of Topliss-reactive ketones (excluding diaryl/α,β-unsaturated/α-hetero) is 2. The van der Waals surface area contributed by atoms with Gasteiger partial charge in [-0.05, 0) is 64.2 Å².